The van der Waals surface area contributed by atoms with Crippen LogP contribution >= 0.6 is 0 Å². The number of aromatic nitrogens is 3. The predicted octanol–water partition coefficient (Wildman–Crippen LogP) is 4.46. The van der Waals surface area contributed by atoms with Gasteiger partial charge in [0, 0.05) is 22.2 Å². The van der Waals surface area contributed by atoms with Crippen LogP contribution in [0.1, 0.15) is 44.7 Å². The molecule has 2 aromatic carbocycles. The Bertz CT molecular complexity index is 1270. The van der Waals surface area contributed by atoms with Gasteiger partial charge in [0.25, 0.3) is 0 Å². The summed E-state index contributed by atoms with van der Waals surface area (Å²) in [6.45, 7) is 7.20. The first kappa shape index (κ1) is 18.8. The molecule has 0 amide bonds. The molecule has 0 saturated carbocycles. The molecule has 0 fully saturated rings. The Labute approximate surface area is 167 Å². The maximum absolute atomic E-state index is 13.0. The molecule has 6 nitrogen and oxygen atoms in total. The first-order chi connectivity index (χ1) is 13.8. The molecule has 0 aliphatic carbocycles. The highest BCUT2D eigenvalue weighted by Crippen LogP contribution is 2.24. The van der Waals surface area contributed by atoms with Gasteiger partial charge in [-0.3, -0.25) is 4.79 Å². The lowest BCUT2D eigenvalue weighted by Crippen LogP contribution is -2.25. The van der Waals surface area contributed by atoms with Crippen molar-refractivity contribution < 1.29 is 14.3 Å². The van der Waals surface area contributed by atoms with Crippen LogP contribution in [-0.4, -0.2) is 32.8 Å². The molecule has 146 valence electrons. The van der Waals surface area contributed by atoms with Crippen molar-refractivity contribution in [2.45, 2.75) is 33.8 Å². The molecule has 2 heterocycles. The number of esters is 1. The highest BCUT2D eigenvalue weighted by atomic mass is 16.5. The summed E-state index contributed by atoms with van der Waals surface area (Å²) in [5, 5.41) is 0.824. The number of hydrogen-bond donors (Lipinski definition) is 1. The summed E-state index contributed by atoms with van der Waals surface area (Å²) in [6, 6.07) is 12.6. The monoisotopic (exact) mass is 387 g/mol. The van der Waals surface area contributed by atoms with Crippen molar-refractivity contribution >= 4 is 33.7 Å². The van der Waals surface area contributed by atoms with E-state index in [-0.39, 0.29) is 5.78 Å². The molecule has 2 aromatic heterocycles. The maximum atomic E-state index is 13.0. The topological polar surface area (TPSA) is 84.9 Å². The Morgan fingerprint density at radius 3 is 2.41 bits per heavy atom. The lowest BCUT2D eigenvalue weighted by atomic mass is 10.0. The lowest BCUT2D eigenvalue weighted by molar-refractivity contribution is 0.0319. The van der Waals surface area contributed by atoms with E-state index in [0.717, 1.165) is 28.0 Å². The molecule has 4 aromatic rings. The normalized spacial score (nSPS) is 12.3. The van der Waals surface area contributed by atoms with E-state index in [1.807, 2.05) is 45.0 Å². The quantitative estimate of drug-likeness (QED) is 0.413. The number of benzene rings is 2. The zero-order valence-electron chi connectivity index (χ0n) is 16.7. The van der Waals surface area contributed by atoms with Crippen LogP contribution in [0.4, 0.5) is 0 Å². The molecule has 1 atom stereocenters. The number of rotatable bonds is 4. The molecule has 0 aliphatic heterocycles. The average Bonchev–Trinajstić information content (AvgIpc) is 3.03. The smallest absolute Gasteiger partial charge is 0.338 e. The van der Waals surface area contributed by atoms with Gasteiger partial charge in [-0.15, -0.1) is 0 Å². The van der Waals surface area contributed by atoms with Crippen LogP contribution in [0, 0.1) is 20.8 Å². The summed E-state index contributed by atoms with van der Waals surface area (Å²) in [6.07, 6.45) is -0.915. The Morgan fingerprint density at radius 2 is 1.66 bits per heavy atom. The Balaban J connectivity index is 1.59. The number of para-hydroxylation sites is 1. The van der Waals surface area contributed by atoms with Gasteiger partial charge in [-0.25, -0.2) is 14.8 Å². The molecular formula is C23H21N3O3. The van der Waals surface area contributed by atoms with Crippen molar-refractivity contribution in [3.8, 4) is 0 Å². The summed E-state index contributed by atoms with van der Waals surface area (Å²) in [4.78, 5) is 37.8. The number of ether oxygens (including phenoxy) is 1. The van der Waals surface area contributed by atoms with Crippen LogP contribution in [0.2, 0.25) is 0 Å². The fourth-order valence-electron chi connectivity index (χ4n) is 3.44. The van der Waals surface area contributed by atoms with Crippen molar-refractivity contribution in [2.24, 2.45) is 0 Å². The molecular weight excluding hydrogens is 366 g/mol. The lowest BCUT2D eigenvalue weighted by Gasteiger charge is -2.13. The van der Waals surface area contributed by atoms with E-state index in [2.05, 4.69) is 15.0 Å². The number of carbonyl (C=O) groups is 2. The first-order valence-corrected chi connectivity index (χ1v) is 9.42. The predicted molar refractivity (Wildman–Crippen MR) is 111 cm³/mol. The molecule has 0 aliphatic rings. The fourth-order valence-corrected chi connectivity index (χ4v) is 3.44. The van der Waals surface area contributed by atoms with Crippen LogP contribution in [-0.2, 0) is 4.74 Å². The SMILES string of the molecule is Cc1nc2ccc(C(=O)O[C@H](C)C(=O)c3c(C)[nH]c4ccccc34)cc2nc1C. The maximum Gasteiger partial charge on any atom is 0.338 e. The summed E-state index contributed by atoms with van der Waals surface area (Å²) >= 11 is 0. The van der Waals surface area contributed by atoms with E-state index >= 15 is 0 Å². The van der Waals surface area contributed by atoms with Crippen LogP contribution < -0.4 is 0 Å². The Hall–Kier alpha value is -3.54. The van der Waals surface area contributed by atoms with Crippen molar-refractivity contribution in [3.63, 3.8) is 0 Å². The van der Waals surface area contributed by atoms with Crippen molar-refractivity contribution in [2.75, 3.05) is 0 Å². The minimum absolute atomic E-state index is 0.236. The minimum Gasteiger partial charge on any atom is -0.451 e. The average molecular weight is 387 g/mol. The highest BCUT2D eigenvalue weighted by molar-refractivity contribution is 6.11. The molecule has 0 saturated heterocycles. The molecule has 0 unspecified atom stereocenters. The number of aryl methyl sites for hydroxylation is 3. The van der Waals surface area contributed by atoms with E-state index in [9.17, 15) is 9.59 Å². The van der Waals surface area contributed by atoms with Crippen LogP contribution in [0.5, 0.6) is 0 Å². The third-order valence-electron chi connectivity index (χ3n) is 5.10. The second-order valence-corrected chi connectivity index (χ2v) is 7.18. The first-order valence-electron chi connectivity index (χ1n) is 9.42. The molecule has 0 bridgehead atoms. The van der Waals surface area contributed by atoms with Crippen molar-refractivity contribution in [3.05, 3.63) is 70.7 Å². The summed E-state index contributed by atoms with van der Waals surface area (Å²) < 4.78 is 5.48. The third kappa shape index (κ3) is 3.38. The van der Waals surface area contributed by atoms with Crippen molar-refractivity contribution in [1.82, 2.24) is 15.0 Å². The summed E-state index contributed by atoms with van der Waals surface area (Å²) in [7, 11) is 0. The van der Waals surface area contributed by atoms with Gasteiger partial charge >= 0.3 is 5.97 Å². The minimum atomic E-state index is -0.915. The van der Waals surface area contributed by atoms with E-state index in [1.54, 1.807) is 25.1 Å². The van der Waals surface area contributed by atoms with Crippen LogP contribution in [0.15, 0.2) is 42.5 Å². The number of H-pyrrole nitrogens is 1. The number of ketones is 1. The van der Waals surface area contributed by atoms with Gasteiger partial charge in [0.15, 0.2) is 6.10 Å². The van der Waals surface area contributed by atoms with E-state index in [1.165, 1.54) is 0 Å². The fraction of sp³-hybridized carbons (Fsp3) is 0.217. The molecule has 1 N–H and O–H groups in total. The molecule has 0 spiro atoms. The highest BCUT2D eigenvalue weighted by Gasteiger charge is 2.25. The second kappa shape index (κ2) is 7.13. The van der Waals surface area contributed by atoms with Gasteiger partial charge in [-0.05, 0) is 52.0 Å². The zero-order valence-corrected chi connectivity index (χ0v) is 16.7. The van der Waals surface area contributed by atoms with Crippen LogP contribution in [0.25, 0.3) is 21.9 Å². The van der Waals surface area contributed by atoms with Crippen molar-refractivity contribution in [1.29, 1.82) is 0 Å². The van der Waals surface area contributed by atoms with Gasteiger partial charge in [0.05, 0.1) is 28.0 Å². The van der Waals surface area contributed by atoms with Gasteiger partial charge < -0.3 is 9.72 Å². The summed E-state index contributed by atoms with van der Waals surface area (Å²) in [5.41, 5.74) is 5.51. The third-order valence-corrected chi connectivity index (χ3v) is 5.10. The van der Waals surface area contributed by atoms with E-state index in [0.29, 0.717) is 22.2 Å². The van der Waals surface area contributed by atoms with E-state index < -0.39 is 12.1 Å². The standard InChI is InChI=1S/C23H21N3O3/c1-12-13(2)25-20-11-16(9-10-19(20)24-12)23(28)29-15(4)22(27)21-14(3)26-18-8-6-5-7-17(18)21/h5-11,15,26H,1-4H3/t15-/m1/s1. The molecule has 4 rings (SSSR count). The van der Waals surface area contributed by atoms with E-state index in [4.69, 9.17) is 4.74 Å². The molecule has 0 radical (unpaired) electrons. The summed E-state index contributed by atoms with van der Waals surface area (Å²) in [5.74, 6) is -0.800. The molecule has 6 heteroatoms. The number of carbonyl (C=O) groups excluding carboxylic acids is 2. The van der Waals surface area contributed by atoms with Gasteiger partial charge in [-0.2, -0.15) is 0 Å². The number of nitrogens with one attached hydrogen (secondary N) is 1. The Morgan fingerprint density at radius 1 is 0.966 bits per heavy atom. The number of hydrogen-bond acceptors (Lipinski definition) is 5. The van der Waals surface area contributed by atoms with Gasteiger partial charge in [0.2, 0.25) is 5.78 Å². The number of Topliss-reactive ketones (excluding diaryl/α,β-unsaturated/α-hetero) is 1. The number of fused-ring (bicyclic) bond motifs is 2. The van der Waals surface area contributed by atoms with Gasteiger partial charge in [0.1, 0.15) is 0 Å². The largest absolute Gasteiger partial charge is 0.451 e. The Kier molecular flexibility index (Phi) is 4.62. The molecule has 29 heavy (non-hydrogen) atoms. The number of aromatic amines is 1. The zero-order chi connectivity index (χ0) is 20.7. The van der Waals surface area contributed by atoms with Crippen LogP contribution in [0.3, 0.4) is 0 Å². The second-order valence-electron chi connectivity index (χ2n) is 7.18. The number of nitrogens with zero attached hydrogens (tertiary/aromatic N) is 2. The van der Waals surface area contributed by atoms with Gasteiger partial charge in [-0.1, -0.05) is 18.2 Å².